The van der Waals surface area contributed by atoms with E-state index in [1.165, 1.54) is 5.32 Å². The van der Waals surface area contributed by atoms with Gasteiger partial charge in [0.2, 0.25) is 0 Å². The van der Waals surface area contributed by atoms with Gasteiger partial charge in [-0.25, -0.2) is 0 Å². The molecule has 0 saturated carbocycles. The van der Waals surface area contributed by atoms with Crippen molar-refractivity contribution in [2.75, 3.05) is 5.32 Å². The summed E-state index contributed by atoms with van der Waals surface area (Å²) in [7, 11) is 0. The van der Waals surface area contributed by atoms with Crippen molar-refractivity contribution in [3.8, 4) is 6.07 Å². The Morgan fingerprint density at radius 2 is 1.66 bits per heavy atom. The molecule has 1 heterocycles. The molecule has 0 aliphatic heterocycles. The Bertz CT molecular complexity index is 928. The van der Waals surface area contributed by atoms with E-state index in [0.29, 0.717) is 41.0 Å². The predicted molar refractivity (Wildman–Crippen MR) is 98.1 cm³/mol. The van der Waals surface area contributed by atoms with E-state index < -0.39 is 34.9 Å². The molecular formula is C19H19F9N2OS. The number of fused-ring (bicyclic) bond motifs is 1. The van der Waals surface area contributed by atoms with Gasteiger partial charge in [0, 0.05) is 4.88 Å². The molecular weight excluding hydrogens is 475 g/mol. The third-order valence-electron chi connectivity index (χ3n) is 6.05. The van der Waals surface area contributed by atoms with Gasteiger partial charge in [-0.3, -0.25) is 4.79 Å². The molecule has 32 heavy (non-hydrogen) atoms. The van der Waals surface area contributed by atoms with Crippen LogP contribution in [0.15, 0.2) is 0 Å². The van der Waals surface area contributed by atoms with Crippen molar-refractivity contribution < 1.29 is 44.3 Å². The van der Waals surface area contributed by atoms with E-state index in [1.54, 1.807) is 6.07 Å². The molecule has 1 atom stereocenters. The molecule has 2 rings (SSSR count). The number of rotatable bonds is 6. The van der Waals surface area contributed by atoms with E-state index in [0.717, 1.165) is 6.42 Å². The Morgan fingerprint density at radius 3 is 2.12 bits per heavy atom. The first kappa shape index (κ1) is 26.3. The molecule has 0 saturated heterocycles. The van der Waals surface area contributed by atoms with Gasteiger partial charge in [0.15, 0.2) is 0 Å². The third-order valence-corrected chi connectivity index (χ3v) is 7.22. The van der Waals surface area contributed by atoms with Gasteiger partial charge in [-0.2, -0.15) is 44.8 Å². The summed E-state index contributed by atoms with van der Waals surface area (Å²) < 4.78 is 118. The SMILES string of the molecule is CCC(C)(C)[C@@H]1CCc2c(sc(NC(=O)C(F)(F)C(F)(F)C(F)(F)C(F)(F)F)c2C#N)C1. The zero-order valence-corrected chi connectivity index (χ0v) is 17.9. The minimum absolute atomic E-state index is 0.115. The Kier molecular flexibility index (Phi) is 6.66. The summed E-state index contributed by atoms with van der Waals surface area (Å²) in [6.45, 7) is 5.98. The maximum absolute atomic E-state index is 13.9. The number of carbonyl (C=O) groups excluding carboxylic acids is 1. The lowest BCUT2D eigenvalue weighted by molar-refractivity contribution is -0.388. The monoisotopic (exact) mass is 494 g/mol. The van der Waals surface area contributed by atoms with Crippen LogP contribution in [0, 0.1) is 22.7 Å². The fraction of sp³-hybridized carbons (Fsp3) is 0.684. The quantitative estimate of drug-likeness (QED) is 0.455. The molecule has 0 aromatic carbocycles. The summed E-state index contributed by atoms with van der Waals surface area (Å²) in [5.74, 6) is -23.6. The summed E-state index contributed by atoms with van der Waals surface area (Å²) >= 11 is 0.643. The topological polar surface area (TPSA) is 52.9 Å². The minimum Gasteiger partial charge on any atom is -0.311 e. The lowest BCUT2D eigenvalue weighted by Gasteiger charge is -2.36. The van der Waals surface area contributed by atoms with E-state index in [2.05, 4.69) is 0 Å². The van der Waals surface area contributed by atoms with Crippen molar-refractivity contribution in [2.45, 2.75) is 70.4 Å². The van der Waals surface area contributed by atoms with Gasteiger partial charge >= 0.3 is 29.9 Å². The number of halogens is 9. The fourth-order valence-electron chi connectivity index (χ4n) is 3.45. The first-order valence-electron chi connectivity index (χ1n) is 9.41. The van der Waals surface area contributed by atoms with Gasteiger partial charge < -0.3 is 5.32 Å². The summed E-state index contributed by atoms with van der Waals surface area (Å²) in [6.07, 6.45) is -4.86. The van der Waals surface area contributed by atoms with Gasteiger partial charge in [0.25, 0.3) is 0 Å². The molecule has 1 aromatic heterocycles. The van der Waals surface area contributed by atoms with Crippen LogP contribution in [0.3, 0.4) is 0 Å². The summed E-state index contributed by atoms with van der Waals surface area (Å²) in [4.78, 5) is 12.3. The van der Waals surface area contributed by atoms with E-state index >= 15 is 0 Å². The highest BCUT2D eigenvalue weighted by Gasteiger charge is 2.83. The molecule has 1 N–H and O–H groups in total. The highest BCUT2D eigenvalue weighted by Crippen LogP contribution is 2.53. The summed E-state index contributed by atoms with van der Waals surface area (Å²) in [5.41, 5.74) is -0.00431. The zero-order valence-electron chi connectivity index (χ0n) is 17.1. The zero-order chi connectivity index (χ0) is 24.9. The van der Waals surface area contributed by atoms with E-state index in [9.17, 15) is 49.6 Å². The van der Waals surface area contributed by atoms with Crippen LogP contribution in [0.25, 0.3) is 0 Å². The maximum atomic E-state index is 13.9. The first-order valence-corrected chi connectivity index (χ1v) is 10.2. The van der Waals surface area contributed by atoms with Crippen LogP contribution < -0.4 is 5.32 Å². The number of carbonyl (C=O) groups is 1. The molecule has 0 fully saturated rings. The number of amides is 1. The average Bonchev–Trinajstić information content (AvgIpc) is 3.02. The van der Waals surface area contributed by atoms with Gasteiger partial charge in [0.05, 0.1) is 5.56 Å². The van der Waals surface area contributed by atoms with Gasteiger partial charge in [-0.15, -0.1) is 11.3 Å². The van der Waals surface area contributed by atoms with Crippen LogP contribution in [0.5, 0.6) is 0 Å². The number of alkyl halides is 9. The molecule has 13 heteroatoms. The predicted octanol–water partition coefficient (Wildman–Crippen LogP) is 6.57. The van der Waals surface area contributed by atoms with Crippen LogP contribution in [0.1, 0.15) is 49.6 Å². The lowest BCUT2D eigenvalue weighted by Crippen LogP contribution is -2.64. The second-order valence-corrected chi connectivity index (χ2v) is 9.38. The average molecular weight is 494 g/mol. The molecule has 1 amide bonds. The summed E-state index contributed by atoms with van der Waals surface area (Å²) in [5, 5.41) is 10.0. The number of nitrogens with one attached hydrogen (secondary N) is 1. The second kappa shape index (κ2) is 8.11. The Morgan fingerprint density at radius 1 is 1.09 bits per heavy atom. The lowest BCUT2D eigenvalue weighted by atomic mass is 9.69. The van der Waals surface area contributed by atoms with Crippen molar-refractivity contribution in [2.24, 2.45) is 11.3 Å². The minimum atomic E-state index is -7.17. The van der Waals surface area contributed by atoms with E-state index in [4.69, 9.17) is 0 Å². The van der Waals surface area contributed by atoms with Crippen molar-refractivity contribution in [1.82, 2.24) is 0 Å². The molecule has 0 spiro atoms. The van der Waals surface area contributed by atoms with Crippen LogP contribution in [-0.2, 0) is 17.6 Å². The van der Waals surface area contributed by atoms with Gasteiger partial charge in [0.1, 0.15) is 11.1 Å². The molecule has 180 valence electrons. The van der Waals surface area contributed by atoms with Gasteiger partial charge in [-0.05, 0) is 36.2 Å². The van der Waals surface area contributed by atoms with Crippen LogP contribution >= 0.6 is 11.3 Å². The van der Waals surface area contributed by atoms with Crippen LogP contribution in [0.2, 0.25) is 0 Å². The van der Waals surface area contributed by atoms with Crippen molar-refractivity contribution in [1.29, 1.82) is 5.26 Å². The molecule has 1 aliphatic carbocycles. The second-order valence-electron chi connectivity index (χ2n) is 8.28. The fourth-order valence-corrected chi connectivity index (χ4v) is 4.72. The molecule has 3 nitrogen and oxygen atoms in total. The largest absolute Gasteiger partial charge is 0.460 e. The Labute approximate surface area is 181 Å². The normalized spacial score (nSPS) is 18.2. The number of nitriles is 1. The highest BCUT2D eigenvalue weighted by atomic mass is 32.1. The molecule has 0 bridgehead atoms. The van der Waals surface area contributed by atoms with E-state index in [-0.39, 0.29) is 16.9 Å². The number of thiophene rings is 1. The highest BCUT2D eigenvalue weighted by molar-refractivity contribution is 7.16. The first-order chi connectivity index (χ1) is 14.3. The van der Waals surface area contributed by atoms with Crippen LogP contribution in [0.4, 0.5) is 44.5 Å². The summed E-state index contributed by atoms with van der Waals surface area (Å²) in [6, 6.07) is 1.66. The molecule has 0 radical (unpaired) electrons. The Balaban J connectivity index is 2.38. The van der Waals surface area contributed by atoms with Crippen molar-refractivity contribution in [3.05, 3.63) is 16.0 Å². The molecule has 0 unspecified atom stereocenters. The van der Waals surface area contributed by atoms with Gasteiger partial charge in [-0.1, -0.05) is 27.2 Å². The standard InChI is InChI=1S/C19H19F9N2OS/c1-4-15(2,3)9-5-6-10-11(8-29)13(32-12(10)7-9)30-14(31)16(20,21)17(22,23)18(24,25)19(26,27)28/h9H,4-7H2,1-3H3,(H,30,31)/t9-/m1/s1. The molecule has 1 aliphatic rings. The van der Waals surface area contributed by atoms with Crippen molar-refractivity contribution >= 4 is 22.2 Å². The number of nitrogens with zero attached hydrogens (tertiary/aromatic N) is 1. The number of hydrogen-bond acceptors (Lipinski definition) is 3. The third kappa shape index (κ3) is 4.06. The van der Waals surface area contributed by atoms with Crippen molar-refractivity contribution in [3.63, 3.8) is 0 Å². The number of anilines is 1. The molecule has 1 aromatic rings. The van der Waals surface area contributed by atoms with E-state index in [1.807, 2.05) is 20.8 Å². The Hall–Kier alpha value is -1.97. The maximum Gasteiger partial charge on any atom is 0.460 e. The number of hydrogen-bond donors (Lipinski definition) is 1. The smallest absolute Gasteiger partial charge is 0.311 e. The van der Waals surface area contributed by atoms with Crippen LogP contribution in [-0.4, -0.2) is 29.9 Å².